The Morgan fingerprint density at radius 3 is 2.56 bits per heavy atom. The van der Waals surface area contributed by atoms with Crippen molar-refractivity contribution in [3.8, 4) is 5.75 Å². The van der Waals surface area contributed by atoms with Gasteiger partial charge >= 0.3 is 5.97 Å². The molecule has 1 unspecified atom stereocenters. The lowest BCUT2D eigenvalue weighted by molar-refractivity contribution is -0.148. The summed E-state index contributed by atoms with van der Waals surface area (Å²) in [6, 6.07) is 4.94. The molecule has 0 spiro atoms. The normalized spacial score (nSPS) is 20.7. The lowest BCUT2D eigenvalue weighted by Crippen LogP contribution is -2.55. The average molecular weight is 346 g/mol. The molecule has 2 aliphatic rings. The van der Waals surface area contributed by atoms with Crippen LogP contribution in [0.1, 0.15) is 42.9 Å². The molecular weight excluding hydrogens is 320 g/mol. The number of aryl methyl sites for hydroxylation is 1. The monoisotopic (exact) mass is 346 g/mol. The molecule has 1 N–H and O–H groups in total. The number of benzene rings is 1. The van der Waals surface area contributed by atoms with Gasteiger partial charge in [-0.15, -0.1) is 0 Å². The van der Waals surface area contributed by atoms with Gasteiger partial charge in [-0.2, -0.15) is 0 Å². The van der Waals surface area contributed by atoms with Gasteiger partial charge in [0.15, 0.2) is 0 Å². The number of carbonyl (C=O) groups excluding carboxylic acids is 1. The molecule has 6 nitrogen and oxygen atoms in total. The van der Waals surface area contributed by atoms with E-state index in [0.717, 1.165) is 24.0 Å². The Balaban J connectivity index is 1.78. The van der Waals surface area contributed by atoms with E-state index in [1.807, 2.05) is 17.9 Å². The molecular formula is C19H26N2O4. The Morgan fingerprint density at radius 2 is 2.00 bits per heavy atom. The number of piperazine rings is 1. The van der Waals surface area contributed by atoms with E-state index >= 15 is 0 Å². The first-order chi connectivity index (χ1) is 12.0. The zero-order valence-corrected chi connectivity index (χ0v) is 14.9. The van der Waals surface area contributed by atoms with Crippen LogP contribution >= 0.6 is 0 Å². The maximum Gasteiger partial charge on any atom is 0.325 e. The molecule has 136 valence electrons. The van der Waals surface area contributed by atoms with Gasteiger partial charge in [0, 0.05) is 19.1 Å². The first kappa shape index (κ1) is 17.7. The molecule has 0 radical (unpaired) electrons. The van der Waals surface area contributed by atoms with Crippen molar-refractivity contribution in [3.05, 3.63) is 29.3 Å². The summed E-state index contributed by atoms with van der Waals surface area (Å²) in [5.41, 5.74) is 1.58. The molecule has 25 heavy (non-hydrogen) atoms. The summed E-state index contributed by atoms with van der Waals surface area (Å²) in [4.78, 5) is 28.3. The molecule has 1 saturated carbocycles. The number of nitrogens with zero attached hydrogens (tertiary/aromatic N) is 2. The highest BCUT2D eigenvalue weighted by atomic mass is 16.5. The third-order valence-electron chi connectivity index (χ3n) is 5.42. The van der Waals surface area contributed by atoms with E-state index in [9.17, 15) is 14.7 Å². The molecule has 0 aromatic heterocycles. The van der Waals surface area contributed by atoms with Gasteiger partial charge in [-0.25, -0.2) is 0 Å². The van der Waals surface area contributed by atoms with Gasteiger partial charge in [0.05, 0.1) is 13.7 Å². The predicted octanol–water partition coefficient (Wildman–Crippen LogP) is 2.22. The van der Waals surface area contributed by atoms with Crippen LogP contribution in [0.3, 0.4) is 0 Å². The largest absolute Gasteiger partial charge is 0.497 e. The molecule has 1 saturated heterocycles. The minimum atomic E-state index is -0.921. The molecule has 1 aromatic rings. The second-order valence-electron chi connectivity index (χ2n) is 6.96. The highest BCUT2D eigenvalue weighted by Gasteiger charge is 2.37. The fourth-order valence-corrected chi connectivity index (χ4v) is 4.09. The summed E-state index contributed by atoms with van der Waals surface area (Å²) in [6.07, 6.45) is 4.51. The Bertz CT molecular complexity index is 655. The van der Waals surface area contributed by atoms with E-state index in [0.29, 0.717) is 24.9 Å². The van der Waals surface area contributed by atoms with Gasteiger partial charge in [-0.3, -0.25) is 14.5 Å². The van der Waals surface area contributed by atoms with Crippen LogP contribution in [-0.2, 0) is 9.59 Å². The third-order valence-corrected chi connectivity index (χ3v) is 5.42. The zero-order valence-electron chi connectivity index (χ0n) is 14.9. The minimum absolute atomic E-state index is 0.0514. The molecule has 0 bridgehead atoms. The molecule has 3 rings (SSSR count). The number of amides is 1. The Kier molecular flexibility index (Phi) is 5.27. The van der Waals surface area contributed by atoms with Crippen molar-refractivity contribution in [2.45, 2.75) is 44.7 Å². The van der Waals surface area contributed by atoms with Gasteiger partial charge in [0.1, 0.15) is 11.8 Å². The molecule has 1 aromatic carbocycles. The van der Waals surface area contributed by atoms with E-state index in [1.165, 1.54) is 12.8 Å². The molecule has 6 heteroatoms. The summed E-state index contributed by atoms with van der Waals surface area (Å²) in [6.45, 7) is 3.25. The Morgan fingerprint density at radius 1 is 1.28 bits per heavy atom. The van der Waals surface area contributed by atoms with Crippen LogP contribution < -0.4 is 4.74 Å². The van der Waals surface area contributed by atoms with Crippen LogP contribution in [0.2, 0.25) is 0 Å². The van der Waals surface area contributed by atoms with Crippen LogP contribution in [-0.4, -0.2) is 59.6 Å². The summed E-state index contributed by atoms with van der Waals surface area (Å²) < 4.78 is 5.20. The van der Waals surface area contributed by atoms with E-state index in [1.54, 1.807) is 24.1 Å². The second kappa shape index (κ2) is 7.44. The Labute approximate surface area is 148 Å². The van der Waals surface area contributed by atoms with E-state index in [2.05, 4.69) is 0 Å². The summed E-state index contributed by atoms with van der Waals surface area (Å²) >= 11 is 0. The van der Waals surface area contributed by atoms with E-state index in [4.69, 9.17) is 4.74 Å². The molecule has 1 aliphatic heterocycles. The number of aliphatic carboxylic acids is 1. The molecule has 1 aliphatic carbocycles. The number of hydrogen-bond donors (Lipinski definition) is 1. The van der Waals surface area contributed by atoms with Gasteiger partial charge in [-0.1, -0.05) is 18.9 Å². The van der Waals surface area contributed by atoms with Crippen molar-refractivity contribution in [1.82, 2.24) is 9.80 Å². The third kappa shape index (κ3) is 3.63. The minimum Gasteiger partial charge on any atom is -0.497 e. The van der Waals surface area contributed by atoms with Crippen LogP contribution in [0.4, 0.5) is 0 Å². The maximum atomic E-state index is 12.6. The first-order valence-corrected chi connectivity index (χ1v) is 8.92. The summed E-state index contributed by atoms with van der Waals surface area (Å²) in [5, 5.41) is 9.80. The SMILES string of the molecule is COc1ccc(C(C(=O)O)N2CCN(C3CCCC3)C(=O)C2)c(C)c1. The topological polar surface area (TPSA) is 70.1 Å². The number of rotatable bonds is 5. The van der Waals surface area contributed by atoms with Crippen molar-refractivity contribution in [2.75, 3.05) is 26.7 Å². The average Bonchev–Trinajstić information content (AvgIpc) is 3.10. The maximum absolute atomic E-state index is 12.6. The molecule has 2 fully saturated rings. The smallest absolute Gasteiger partial charge is 0.325 e. The molecule has 1 heterocycles. The lowest BCUT2D eigenvalue weighted by atomic mass is 9.98. The highest BCUT2D eigenvalue weighted by molar-refractivity contribution is 5.82. The lowest BCUT2D eigenvalue weighted by Gasteiger charge is -2.40. The number of carboxylic acid groups (broad SMARTS) is 1. The summed E-state index contributed by atoms with van der Waals surface area (Å²) in [5.74, 6) is -0.168. The van der Waals surface area contributed by atoms with Crippen LogP contribution in [0.5, 0.6) is 5.75 Å². The van der Waals surface area contributed by atoms with Crippen LogP contribution in [0, 0.1) is 6.92 Å². The molecule has 1 amide bonds. The van der Waals surface area contributed by atoms with Gasteiger partial charge in [0.25, 0.3) is 0 Å². The molecule has 1 atom stereocenters. The standard InChI is InChI=1S/C19H26N2O4/c1-13-11-15(25-2)7-8-16(13)18(19(23)24)20-9-10-21(17(22)12-20)14-5-3-4-6-14/h7-8,11,14,18H,3-6,9-10,12H2,1-2H3,(H,23,24). The predicted molar refractivity (Wildman–Crippen MR) is 93.6 cm³/mol. The van der Waals surface area contributed by atoms with Crippen molar-refractivity contribution in [1.29, 1.82) is 0 Å². The van der Waals surface area contributed by atoms with Crippen LogP contribution in [0.25, 0.3) is 0 Å². The quantitative estimate of drug-likeness (QED) is 0.885. The van der Waals surface area contributed by atoms with Gasteiger partial charge < -0.3 is 14.7 Å². The van der Waals surface area contributed by atoms with Crippen molar-refractivity contribution < 1.29 is 19.4 Å². The van der Waals surface area contributed by atoms with Crippen molar-refractivity contribution >= 4 is 11.9 Å². The van der Waals surface area contributed by atoms with E-state index in [-0.39, 0.29) is 12.5 Å². The number of ether oxygens (including phenoxy) is 1. The summed E-state index contributed by atoms with van der Waals surface area (Å²) in [7, 11) is 1.59. The number of carboxylic acids is 1. The highest BCUT2D eigenvalue weighted by Crippen LogP contribution is 2.30. The Hall–Kier alpha value is -2.08. The zero-order chi connectivity index (χ0) is 18.0. The fraction of sp³-hybridized carbons (Fsp3) is 0.579. The van der Waals surface area contributed by atoms with Gasteiger partial charge in [0.2, 0.25) is 5.91 Å². The van der Waals surface area contributed by atoms with Crippen molar-refractivity contribution in [2.24, 2.45) is 0 Å². The first-order valence-electron chi connectivity index (χ1n) is 8.92. The number of carbonyl (C=O) groups is 2. The van der Waals surface area contributed by atoms with Crippen molar-refractivity contribution in [3.63, 3.8) is 0 Å². The van der Waals surface area contributed by atoms with Crippen LogP contribution in [0.15, 0.2) is 18.2 Å². The number of hydrogen-bond acceptors (Lipinski definition) is 4. The second-order valence-corrected chi connectivity index (χ2v) is 6.96. The van der Waals surface area contributed by atoms with E-state index < -0.39 is 12.0 Å². The fourth-order valence-electron chi connectivity index (χ4n) is 4.09. The number of methoxy groups -OCH3 is 1. The van der Waals surface area contributed by atoms with Gasteiger partial charge in [-0.05, 0) is 43.0 Å².